The van der Waals surface area contributed by atoms with Gasteiger partial charge in [-0.25, -0.2) is 9.78 Å². The lowest BCUT2D eigenvalue weighted by Gasteiger charge is -2.08. The van der Waals surface area contributed by atoms with E-state index >= 15 is 0 Å². The van der Waals surface area contributed by atoms with Crippen molar-refractivity contribution in [2.75, 3.05) is 14.2 Å². The van der Waals surface area contributed by atoms with E-state index in [1.54, 1.807) is 37.4 Å². The molecule has 1 aromatic carbocycles. The number of hydrogen-bond donors (Lipinski definition) is 0. The third kappa shape index (κ3) is 2.86. The van der Waals surface area contributed by atoms with E-state index in [0.717, 1.165) is 0 Å². The van der Waals surface area contributed by atoms with Crippen LogP contribution in [0.5, 0.6) is 5.75 Å². The second-order valence-corrected chi connectivity index (χ2v) is 4.68. The molecule has 20 heavy (non-hydrogen) atoms. The number of carbonyl (C=O) groups excluding carboxylic acids is 1. The van der Waals surface area contributed by atoms with E-state index in [2.05, 4.69) is 9.72 Å². The summed E-state index contributed by atoms with van der Waals surface area (Å²) in [7, 11) is 2.83. The number of benzene rings is 1. The van der Waals surface area contributed by atoms with Crippen molar-refractivity contribution in [2.24, 2.45) is 0 Å². The van der Waals surface area contributed by atoms with Gasteiger partial charge in [-0.15, -0.1) is 0 Å². The molecule has 2 rings (SSSR count). The fourth-order valence-corrected chi connectivity index (χ4v) is 2.11. The summed E-state index contributed by atoms with van der Waals surface area (Å²) < 4.78 is 9.72. The van der Waals surface area contributed by atoms with Gasteiger partial charge in [-0.1, -0.05) is 23.2 Å². The average molecular weight is 312 g/mol. The van der Waals surface area contributed by atoms with Crippen LogP contribution in [0, 0.1) is 0 Å². The largest absolute Gasteiger partial charge is 0.497 e. The Balaban J connectivity index is 2.51. The molecule has 1 aromatic heterocycles. The van der Waals surface area contributed by atoms with Gasteiger partial charge in [-0.3, -0.25) is 0 Å². The summed E-state index contributed by atoms with van der Waals surface area (Å²) in [6, 6.07) is 8.46. The van der Waals surface area contributed by atoms with Crippen molar-refractivity contribution in [3.05, 3.63) is 46.1 Å². The Morgan fingerprint density at radius 3 is 2.45 bits per heavy atom. The Kier molecular flexibility index (Phi) is 4.47. The van der Waals surface area contributed by atoms with E-state index in [9.17, 15) is 4.79 Å². The zero-order chi connectivity index (χ0) is 14.7. The smallest absolute Gasteiger partial charge is 0.358 e. The van der Waals surface area contributed by atoms with E-state index in [4.69, 9.17) is 27.9 Å². The lowest BCUT2D eigenvalue weighted by Crippen LogP contribution is -2.06. The van der Waals surface area contributed by atoms with E-state index in [0.29, 0.717) is 22.0 Å². The molecule has 0 bridgehead atoms. The first-order valence-corrected chi connectivity index (χ1v) is 6.41. The third-order valence-electron chi connectivity index (χ3n) is 2.68. The van der Waals surface area contributed by atoms with Crippen LogP contribution in [0.3, 0.4) is 0 Å². The predicted octanol–water partition coefficient (Wildman–Crippen LogP) is 3.85. The van der Waals surface area contributed by atoms with Crippen LogP contribution in [0.4, 0.5) is 0 Å². The van der Waals surface area contributed by atoms with Crippen molar-refractivity contribution >= 4 is 29.2 Å². The number of esters is 1. The summed E-state index contributed by atoms with van der Waals surface area (Å²) >= 11 is 12.1. The van der Waals surface area contributed by atoms with Crippen molar-refractivity contribution in [1.29, 1.82) is 0 Å². The van der Waals surface area contributed by atoms with Gasteiger partial charge >= 0.3 is 5.97 Å². The van der Waals surface area contributed by atoms with Gasteiger partial charge < -0.3 is 9.47 Å². The Morgan fingerprint density at radius 2 is 1.85 bits per heavy atom. The van der Waals surface area contributed by atoms with Gasteiger partial charge in [-0.05, 0) is 30.3 Å². The highest BCUT2D eigenvalue weighted by molar-refractivity contribution is 6.34. The van der Waals surface area contributed by atoms with Crippen molar-refractivity contribution < 1.29 is 14.3 Å². The second-order valence-electron chi connectivity index (χ2n) is 3.86. The molecule has 0 atom stereocenters. The molecule has 0 unspecified atom stereocenters. The first-order valence-electron chi connectivity index (χ1n) is 5.65. The molecular formula is C14H11Cl2NO3. The molecule has 0 saturated carbocycles. The van der Waals surface area contributed by atoms with E-state index in [1.807, 2.05) is 0 Å². The van der Waals surface area contributed by atoms with Crippen LogP contribution in [-0.4, -0.2) is 25.2 Å². The van der Waals surface area contributed by atoms with Crippen LogP contribution < -0.4 is 4.74 Å². The Labute approximate surface area is 126 Å². The van der Waals surface area contributed by atoms with Gasteiger partial charge in [0.15, 0.2) is 5.69 Å². The molecule has 0 radical (unpaired) electrons. The molecule has 0 spiro atoms. The fourth-order valence-electron chi connectivity index (χ4n) is 1.66. The van der Waals surface area contributed by atoms with Crippen molar-refractivity contribution in [3.63, 3.8) is 0 Å². The third-order valence-corrected chi connectivity index (χ3v) is 3.29. The predicted molar refractivity (Wildman–Crippen MR) is 77.6 cm³/mol. The Morgan fingerprint density at radius 1 is 1.10 bits per heavy atom. The number of nitrogens with zero attached hydrogens (tertiary/aromatic N) is 1. The van der Waals surface area contributed by atoms with Gasteiger partial charge in [0, 0.05) is 5.56 Å². The van der Waals surface area contributed by atoms with Crippen LogP contribution in [0.15, 0.2) is 30.3 Å². The first kappa shape index (κ1) is 14.6. The number of aromatic nitrogens is 1. The Bertz CT molecular complexity index is 659. The minimum absolute atomic E-state index is 0.0542. The highest BCUT2D eigenvalue weighted by Gasteiger charge is 2.15. The number of rotatable bonds is 3. The van der Waals surface area contributed by atoms with Gasteiger partial charge in [0.05, 0.1) is 30.0 Å². The van der Waals surface area contributed by atoms with Crippen molar-refractivity contribution in [1.82, 2.24) is 4.98 Å². The molecule has 0 amide bonds. The summed E-state index contributed by atoms with van der Waals surface area (Å²) in [5.74, 6) is 0.0439. The topological polar surface area (TPSA) is 48.4 Å². The molecule has 0 aliphatic rings. The summed E-state index contributed by atoms with van der Waals surface area (Å²) in [5, 5.41) is 0.695. The molecule has 1 heterocycles. The van der Waals surface area contributed by atoms with Crippen molar-refractivity contribution in [3.8, 4) is 17.0 Å². The number of ether oxygens (including phenoxy) is 2. The summed E-state index contributed by atoms with van der Waals surface area (Å²) in [5.41, 5.74) is 1.26. The van der Waals surface area contributed by atoms with Gasteiger partial charge in [0.1, 0.15) is 5.75 Å². The molecule has 0 fully saturated rings. The molecule has 0 aliphatic carbocycles. The maximum atomic E-state index is 11.6. The van der Waals surface area contributed by atoms with Crippen LogP contribution in [0.2, 0.25) is 10.0 Å². The lowest BCUT2D eigenvalue weighted by atomic mass is 10.1. The highest BCUT2D eigenvalue weighted by atomic mass is 35.5. The number of carbonyl (C=O) groups is 1. The quantitative estimate of drug-likeness (QED) is 0.808. The summed E-state index contributed by atoms with van der Waals surface area (Å²) in [6.07, 6.45) is 0. The molecular weight excluding hydrogens is 301 g/mol. The highest BCUT2D eigenvalue weighted by Crippen LogP contribution is 2.31. The van der Waals surface area contributed by atoms with E-state index < -0.39 is 5.97 Å². The molecule has 0 N–H and O–H groups in total. The first-order chi connectivity index (χ1) is 9.56. The number of methoxy groups -OCH3 is 2. The summed E-state index contributed by atoms with van der Waals surface area (Å²) in [4.78, 5) is 15.8. The number of hydrogen-bond acceptors (Lipinski definition) is 4. The molecule has 2 aromatic rings. The zero-order valence-corrected chi connectivity index (χ0v) is 12.3. The standard InChI is InChI=1S/C14H11Cl2NO3/c1-19-8-3-4-9(11(16)7-8)12-6-5-10(15)13(17-12)14(18)20-2/h3-7H,1-2H3. The van der Waals surface area contributed by atoms with Gasteiger partial charge in [0.2, 0.25) is 0 Å². The summed E-state index contributed by atoms with van der Waals surface area (Å²) in [6.45, 7) is 0. The lowest BCUT2D eigenvalue weighted by molar-refractivity contribution is 0.0594. The van der Waals surface area contributed by atoms with Gasteiger partial charge in [-0.2, -0.15) is 0 Å². The zero-order valence-electron chi connectivity index (χ0n) is 10.8. The average Bonchev–Trinajstić information content (AvgIpc) is 2.47. The molecule has 0 aliphatic heterocycles. The maximum absolute atomic E-state index is 11.6. The molecule has 104 valence electrons. The van der Waals surface area contributed by atoms with E-state index in [-0.39, 0.29) is 10.7 Å². The van der Waals surface area contributed by atoms with E-state index in [1.165, 1.54) is 7.11 Å². The van der Waals surface area contributed by atoms with Crippen LogP contribution in [0.25, 0.3) is 11.3 Å². The van der Waals surface area contributed by atoms with Crippen LogP contribution in [0.1, 0.15) is 10.5 Å². The fraction of sp³-hybridized carbons (Fsp3) is 0.143. The molecule has 0 saturated heterocycles. The van der Waals surface area contributed by atoms with Crippen LogP contribution >= 0.6 is 23.2 Å². The number of halogens is 2. The Hall–Kier alpha value is -1.78. The normalized spacial score (nSPS) is 10.2. The minimum Gasteiger partial charge on any atom is -0.497 e. The molecule has 4 nitrogen and oxygen atoms in total. The second kappa shape index (κ2) is 6.11. The van der Waals surface area contributed by atoms with Gasteiger partial charge in [0.25, 0.3) is 0 Å². The van der Waals surface area contributed by atoms with Crippen molar-refractivity contribution in [2.45, 2.75) is 0 Å². The minimum atomic E-state index is -0.596. The molecule has 6 heteroatoms. The monoisotopic (exact) mass is 311 g/mol. The maximum Gasteiger partial charge on any atom is 0.358 e. The van der Waals surface area contributed by atoms with Crippen LogP contribution in [-0.2, 0) is 4.74 Å². The number of pyridine rings is 1. The SMILES string of the molecule is COC(=O)c1nc(-c2ccc(OC)cc2Cl)ccc1Cl.